The summed E-state index contributed by atoms with van der Waals surface area (Å²) in [6.45, 7) is 6.01. The fraction of sp³-hybridized carbons (Fsp3) is 0.558. The molecule has 2 aliphatic heterocycles. The fourth-order valence-electron chi connectivity index (χ4n) is 7.45. The first-order valence-corrected chi connectivity index (χ1v) is 26.0. The number of nitrogens with zero attached hydrogens (tertiary/aromatic N) is 2. The number of fused-ring (bicyclic) bond motifs is 2. The third-order valence-electron chi connectivity index (χ3n) is 10.7. The number of aliphatic carboxylic acids is 1. The molecule has 370 valence electrons. The highest BCUT2D eigenvalue weighted by Crippen LogP contribution is 2.51. The Morgan fingerprint density at radius 1 is 0.803 bits per heavy atom. The van der Waals surface area contributed by atoms with Crippen LogP contribution in [0.3, 0.4) is 0 Å². The highest BCUT2D eigenvalue weighted by atomic mass is 32.2. The molecule has 4 N–H and O–H groups in total. The average Bonchev–Trinajstić information content (AvgIpc) is 3.47. The van der Waals surface area contributed by atoms with Gasteiger partial charge in [-0.2, -0.15) is 25.3 Å². The summed E-state index contributed by atoms with van der Waals surface area (Å²) in [5.74, 6) is -1.90. The van der Waals surface area contributed by atoms with E-state index in [9.17, 15) is 43.7 Å². The first kappa shape index (κ1) is 54.6. The average molecular weight is 991 g/mol. The van der Waals surface area contributed by atoms with Crippen molar-refractivity contribution < 1.29 is 82.0 Å². The molecule has 3 aliphatic rings. The van der Waals surface area contributed by atoms with Crippen molar-refractivity contribution in [3.8, 4) is 0 Å². The Kier molecular flexibility index (Phi) is 22.0. The molecule has 0 spiro atoms. The second-order valence-electron chi connectivity index (χ2n) is 15.5. The highest BCUT2D eigenvalue weighted by Gasteiger charge is 2.44. The van der Waals surface area contributed by atoms with Crippen LogP contribution in [0, 0.1) is 0 Å². The monoisotopic (exact) mass is 990 g/mol. The number of rotatable bonds is 33. The third kappa shape index (κ3) is 18.3. The number of carboxylic acids is 1. The second-order valence-corrected chi connectivity index (χ2v) is 20.0. The molecular weight excluding hydrogens is 929 g/mol. The number of carbonyl (C=O) groups is 1. The molecule has 0 bridgehead atoms. The molecule has 0 saturated carbocycles. The fourth-order valence-corrected chi connectivity index (χ4v) is 8.96. The standard InChI is InChI=1S/C43H62N2O18S3/c1-43(14-4-30-64(48,49)50)38-33-36(66(54,55)56)9-11-39(38)45(17-21-60-26-29-62-27-24-58-18-13-42(46)47)41(43)7-3-6-34-12-19-63-40-32-35(8-10-37(34)40)44(15-5-31-65(51,52)53)16-20-59-25-28-61-23-22-57-2/h3,6-12,19,32-33,40H,4-5,13-18,20-31H2,1-2H3,(H,46,47)(H,48,49,50)(H,51,52,53)(H,54,55,56). The van der Waals surface area contributed by atoms with E-state index in [1.165, 1.54) is 12.1 Å². The summed E-state index contributed by atoms with van der Waals surface area (Å²) >= 11 is 0. The van der Waals surface area contributed by atoms with E-state index in [2.05, 4.69) is 0 Å². The highest BCUT2D eigenvalue weighted by molar-refractivity contribution is 7.86. The molecule has 23 heteroatoms. The van der Waals surface area contributed by atoms with Gasteiger partial charge in [-0.15, -0.1) is 0 Å². The van der Waals surface area contributed by atoms with Gasteiger partial charge in [0.25, 0.3) is 30.4 Å². The minimum Gasteiger partial charge on any atom is -0.489 e. The zero-order valence-electron chi connectivity index (χ0n) is 37.2. The first-order valence-electron chi connectivity index (χ1n) is 21.3. The predicted molar refractivity (Wildman–Crippen MR) is 243 cm³/mol. The van der Waals surface area contributed by atoms with Crippen molar-refractivity contribution in [1.29, 1.82) is 0 Å². The van der Waals surface area contributed by atoms with Crippen LogP contribution >= 0.6 is 0 Å². The SMILES string of the molecule is COCCOCCOCCN(CCCS(=O)(=O)O)C1=CC2OC=CC(C=CC=C3N(CCOCCOCCOCCC(=O)O)c4ccc(S(=O)(=O)O)cc4C3(C)CCCS(=O)(=O)O)=C2C=C1. The number of benzene rings is 1. The Balaban J connectivity index is 1.57. The lowest BCUT2D eigenvalue weighted by atomic mass is 9.77. The van der Waals surface area contributed by atoms with E-state index in [-0.39, 0.29) is 76.8 Å². The minimum absolute atomic E-state index is 0.0202. The maximum absolute atomic E-state index is 12.3. The zero-order chi connectivity index (χ0) is 48.2. The summed E-state index contributed by atoms with van der Waals surface area (Å²) in [6.07, 6.45) is 14.3. The second kappa shape index (κ2) is 26.5. The van der Waals surface area contributed by atoms with Crippen LogP contribution in [0.15, 0.2) is 94.4 Å². The number of hydrogen-bond acceptors (Lipinski definition) is 16. The van der Waals surface area contributed by atoms with E-state index in [1.807, 2.05) is 53.2 Å². The Labute approximate surface area is 387 Å². The molecule has 4 rings (SSSR count). The molecule has 0 saturated heterocycles. The molecule has 0 fully saturated rings. The van der Waals surface area contributed by atoms with Crippen molar-refractivity contribution in [3.63, 3.8) is 0 Å². The van der Waals surface area contributed by atoms with Gasteiger partial charge in [0.2, 0.25) is 0 Å². The van der Waals surface area contributed by atoms with Crippen LogP contribution in [0.2, 0.25) is 0 Å². The molecule has 1 aromatic rings. The largest absolute Gasteiger partial charge is 0.489 e. The molecule has 0 aromatic heterocycles. The molecule has 2 atom stereocenters. The van der Waals surface area contributed by atoms with Crippen LogP contribution in [0.4, 0.5) is 5.69 Å². The molecule has 1 aliphatic carbocycles. The lowest BCUT2D eigenvalue weighted by Crippen LogP contribution is -2.31. The maximum Gasteiger partial charge on any atom is 0.305 e. The van der Waals surface area contributed by atoms with Crippen molar-refractivity contribution in [2.75, 3.05) is 116 Å². The maximum atomic E-state index is 12.3. The zero-order valence-corrected chi connectivity index (χ0v) is 39.6. The van der Waals surface area contributed by atoms with Gasteiger partial charge >= 0.3 is 5.97 Å². The van der Waals surface area contributed by atoms with Gasteiger partial charge < -0.3 is 48.1 Å². The molecular formula is C43H62N2O18S3. The Morgan fingerprint density at radius 2 is 1.42 bits per heavy atom. The van der Waals surface area contributed by atoms with Gasteiger partial charge in [0, 0.05) is 54.8 Å². The minimum atomic E-state index is -4.62. The Morgan fingerprint density at radius 3 is 2.06 bits per heavy atom. The molecule has 0 amide bonds. The van der Waals surface area contributed by atoms with E-state index >= 15 is 0 Å². The van der Waals surface area contributed by atoms with Gasteiger partial charge in [0.1, 0.15) is 6.10 Å². The van der Waals surface area contributed by atoms with Gasteiger partial charge in [-0.3, -0.25) is 18.5 Å². The summed E-state index contributed by atoms with van der Waals surface area (Å²) < 4.78 is 139. The van der Waals surface area contributed by atoms with Gasteiger partial charge in [-0.25, -0.2) is 0 Å². The van der Waals surface area contributed by atoms with Gasteiger partial charge in [0.05, 0.1) is 102 Å². The smallest absolute Gasteiger partial charge is 0.305 e. The number of hydrogen-bond donors (Lipinski definition) is 4. The van der Waals surface area contributed by atoms with Crippen LogP contribution in [-0.4, -0.2) is 172 Å². The molecule has 1 aromatic carbocycles. The third-order valence-corrected chi connectivity index (χ3v) is 13.1. The molecule has 20 nitrogen and oxygen atoms in total. The summed E-state index contributed by atoms with van der Waals surface area (Å²) in [6, 6.07) is 4.22. The molecule has 2 heterocycles. The number of methoxy groups -OCH3 is 1. The van der Waals surface area contributed by atoms with Crippen LogP contribution < -0.4 is 4.90 Å². The number of anilines is 1. The summed E-state index contributed by atoms with van der Waals surface area (Å²) in [4.78, 5) is 14.2. The van der Waals surface area contributed by atoms with Gasteiger partial charge in [-0.1, -0.05) is 18.2 Å². The van der Waals surface area contributed by atoms with Crippen molar-refractivity contribution in [1.82, 2.24) is 4.90 Å². The number of allylic oxidation sites excluding steroid dienone is 7. The quantitative estimate of drug-likeness (QED) is 0.0579. The lowest BCUT2D eigenvalue weighted by Gasteiger charge is -2.31. The van der Waals surface area contributed by atoms with E-state index in [0.717, 1.165) is 16.8 Å². The van der Waals surface area contributed by atoms with Crippen LogP contribution in [0.25, 0.3) is 0 Å². The van der Waals surface area contributed by atoms with Crippen molar-refractivity contribution in [2.24, 2.45) is 0 Å². The molecule has 66 heavy (non-hydrogen) atoms. The Hall–Kier alpha value is -3.98. The molecule has 2 unspecified atom stereocenters. The summed E-state index contributed by atoms with van der Waals surface area (Å²) in [5, 5.41) is 8.72. The van der Waals surface area contributed by atoms with Gasteiger partial charge in [-0.05, 0) is 79.8 Å². The van der Waals surface area contributed by atoms with E-state index in [1.54, 1.807) is 25.5 Å². The van der Waals surface area contributed by atoms with Crippen molar-refractivity contribution in [2.45, 2.75) is 49.0 Å². The van der Waals surface area contributed by atoms with Crippen molar-refractivity contribution >= 4 is 42.0 Å². The van der Waals surface area contributed by atoms with Crippen LogP contribution in [0.1, 0.15) is 38.2 Å². The number of carboxylic acid groups (broad SMARTS) is 1. The topological polar surface area (TPSA) is 271 Å². The summed E-state index contributed by atoms with van der Waals surface area (Å²) in [5.41, 5.74) is 3.16. The van der Waals surface area contributed by atoms with E-state index in [4.69, 9.17) is 38.3 Å². The van der Waals surface area contributed by atoms with Gasteiger partial charge in [0.15, 0.2) is 0 Å². The summed E-state index contributed by atoms with van der Waals surface area (Å²) in [7, 11) is -11.5. The van der Waals surface area contributed by atoms with E-state index < -0.39 is 59.3 Å². The lowest BCUT2D eigenvalue weighted by molar-refractivity contribution is -0.138. The predicted octanol–water partition coefficient (Wildman–Crippen LogP) is 3.57. The van der Waals surface area contributed by atoms with Crippen LogP contribution in [-0.2, 0) is 73.7 Å². The van der Waals surface area contributed by atoms with Crippen LogP contribution in [0.5, 0.6) is 0 Å². The molecule has 0 radical (unpaired) electrons. The number of ether oxygens (including phenoxy) is 7. The normalized spacial score (nSPS) is 19.1. The Bertz CT molecular complexity index is 2290. The van der Waals surface area contributed by atoms with Crippen molar-refractivity contribution in [3.05, 3.63) is 95.1 Å². The first-order chi connectivity index (χ1) is 31.3. The van der Waals surface area contributed by atoms with E-state index in [0.29, 0.717) is 63.1 Å².